The minimum Gasteiger partial charge on any atom is -0.487 e. The number of fused-ring (bicyclic) bond motifs is 2. The van der Waals surface area contributed by atoms with E-state index in [4.69, 9.17) is 14.2 Å². The van der Waals surface area contributed by atoms with Gasteiger partial charge in [0.2, 0.25) is 16.8 Å². The maximum absolute atomic E-state index is 13.8. The van der Waals surface area contributed by atoms with Crippen LogP contribution in [0.5, 0.6) is 17.2 Å². The van der Waals surface area contributed by atoms with E-state index in [1.807, 2.05) is 49.4 Å². The number of ether oxygens (including phenoxy) is 3. The van der Waals surface area contributed by atoms with Gasteiger partial charge in [-0.15, -0.1) is 0 Å². The van der Waals surface area contributed by atoms with Crippen molar-refractivity contribution in [3.8, 4) is 17.2 Å². The minimum atomic E-state index is -3.97. The van der Waals surface area contributed by atoms with Crippen molar-refractivity contribution in [1.29, 1.82) is 0 Å². The van der Waals surface area contributed by atoms with Gasteiger partial charge in [-0.25, -0.2) is 8.42 Å². The molecule has 0 bridgehead atoms. The lowest BCUT2D eigenvalue weighted by molar-refractivity contribution is 0.0563. The van der Waals surface area contributed by atoms with Crippen LogP contribution in [0, 0.1) is 5.92 Å². The highest BCUT2D eigenvalue weighted by molar-refractivity contribution is 7.89. The predicted molar refractivity (Wildman–Crippen MR) is 155 cm³/mol. The van der Waals surface area contributed by atoms with Gasteiger partial charge >= 0.3 is 0 Å². The highest BCUT2D eigenvalue weighted by Gasteiger charge is 2.38. The maximum atomic E-state index is 13.8. The zero-order valence-corrected chi connectivity index (χ0v) is 24.1. The SMILES string of the molecule is C[C@H]1CN([C@@H](C)CO)S(=O)(=O)c2ccc(/C=C/c3ccccc3)cc2O[C@@H]1CN(C)C(=O)c1ccc2c(c1)OCO2. The molecule has 0 saturated carbocycles. The molecule has 3 aromatic rings. The number of aliphatic hydroxyl groups is 1. The summed E-state index contributed by atoms with van der Waals surface area (Å²) in [7, 11) is -2.28. The molecular formula is C31H34N2O7S. The van der Waals surface area contributed by atoms with Crippen molar-refractivity contribution in [2.24, 2.45) is 5.92 Å². The number of hydrogen-bond acceptors (Lipinski definition) is 7. The van der Waals surface area contributed by atoms with Crippen molar-refractivity contribution in [2.45, 2.75) is 30.9 Å². The van der Waals surface area contributed by atoms with Gasteiger partial charge in [0.15, 0.2) is 11.5 Å². The predicted octanol–water partition coefficient (Wildman–Crippen LogP) is 4.13. The van der Waals surface area contributed by atoms with Crippen LogP contribution >= 0.6 is 0 Å². The molecule has 2 aliphatic heterocycles. The summed E-state index contributed by atoms with van der Waals surface area (Å²) in [5, 5.41) is 9.90. The van der Waals surface area contributed by atoms with Gasteiger partial charge in [-0.2, -0.15) is 4.31 Å². The van der Waals surface area contributed by atoms with Gasteiger partial charge in [0.25, 0.3) is 5.91 Å². The molecule has 2 heterocycles. The summed E-state index contributed by atoms with van der Waals surface area (Å²) in [6.45, 7) is 3.68. The summed E-state index contributed by atoms with van der Waals surface area (Å²) in [5.74, 6) is 0.783. The number of carbonyl (C=O) groups is 1. The van der Waals surface area contributed by atoms with Crippen LogP contribution in [0.1, 0.15) is 35.3 Å². The fourth-order valence-corrected chi connectivity index (χ4v) is 6.75. The fourth-order valence-electron chi connectivity index (χ4n) is 4.92. The van der Waals surface area contributed by atoms with E-state index in [1.165, 1.54) is 4.31 Å². The highest BCUT2D eigenvalue weighted by Crippen LogP contribution is 2.35. The Morgan fingerprint density at radius 1 is 1.02 bits per heavy atom. The third-order valence-electron chi connectivity index (χ3n) is 7.38. The molecule has 216 valence electrons. The molecule has 10 heteroatoms. The van der Waals surface area contributed by atoms with Gasteiger partial charge in [-0.3, -0.25) is 4.79 Å². The first kappa shape index (κ1) is 28.7. The molecule has 0 spiro atoms. The average Bonchev–Trinajstić information content (AvgIpc) is 3.45. The van der Waals surface area contributed by atoms with Gasteiger partial charge in [0, 0.05) is 31.1 Å². The third kappa shape index (κ3) is 6.09. The number of aliphatic hydroxyl groups excluding tert-OH is 1. The summed E-state index contributed by atoms with van der Waals surface area (Å²) >= 11 is 0. The fraction of sp³-hybridized carbons (Fsp3) is 0.323. The number of likely N-dealkylation sites (N-methyl/N-ethyl adjacent to an activating group) is 1. The van der Waals surface area contributed by atoms with Crippen molar-refractivity contribution < 1.29 is 32.5 Å². The monoisotopic (exact) mass is 578 g/mol. The largest absolute Gasteiger partial charge is 0.487 e. The van der Waals surface area contributed by atoms with E-state index in [0.29, 0.717) is 17.1 Å². The Kier molecular flexibility index (Phi) is 8.35. The van der Waals surface area contributed by atoms with Gasteiger partial charge in [-0.05, 0) is 48.4 Å². The second-order valence-electron chi connectivity index (χ2n) is 10.4. The van der Waals surface area contributed by atoms with E-state index in [1.54, 1.807) is 55.3 Å². The van der Waals surface area contributed by atoms with Gasteiger partial charge < -0.3 is 24.2 Å². The van der Waals surface area contributed by atoms with Crippen LogP contribution in [0.3, 0.4) is 0 Å². The Hall–Kier alpha value is -3.86. The topological polar surface area (TPSA) is 106 Å². The Bertz CT molecular complexity index is 1540. The molecule has 0 fully saturated rings. The molecule has 0 aliphatic carbocycles. The van der Waals surface area contributed by atoms with Crippen LogP contribution < -0.4 is 14.2 Å². The molecule has 41 heavy (non-hydrogen) atoms. The zero-order valence-electron chi connectivity index (χ0n) is 23.3. The number of hydrogen-bond donors (Lipinski definition) is 1. The number of carbonyl (C=O) groups excluding carboxylic acids is 1. The lowest BCUT2D eigenvalue weighted by atomic mass is 10.0. The van der Waals surface area contributed by atoms with E-state index >= 15 is 0 Å². The Morgan fingerprint density at radius 3 is 2.51 bits per heavy atom. The Morgan fingerprint density at radius 2 is 1.76 bits per heavy atom. The van der Waals surface area contributed by atoms with Crippen LogP contribution in [0.4, 0.5) is 0 Å². The number of nitrogens with zero attached hydrogens (tertiary/aromatic N) is 2. The molecule has 9 nitrogen and oxygen atoms in total. The molecular weight excluding hydrogens is 544 g/mol. The number of rotatable bonds is 7. The Labute approximate surface area is 240 Å². The molecule has 0 unspecified atom stereocenters. The standard InChI is InChI=1S/C31H34N2O7S/c1-21-17-33(22(2)19-34)41(36,37)30-14-11-24(10-9-23-7-5-4-6-8-23)15-28(30)40-29(21)18-32(3)31(35)25-12-13-26-27(16-25)39-20-38-26/h4-16,21-22,29,34H,17-20H2,1-3H3/b10-9+/t21-,22-,29+/m0/s1. The normalized spacial score (nSPS) is 20.5. The maximum Gasteiger partial charge on any atom is 0.253 e. The smallest absolute Gasteiger partial charge is 0.253 e. The first-order chi connectivity index (χ1) is 19.7. The zero-order chi connectivity index (χ0) is 29.1. The highest BCUT2D eigenvalue weighted by atomic mass is 32.2. The number of amides is 1. The third-order valence-corrected chi connectivity index (χ3v) is 9.40. The summed E-state index contributed by atoms with van der Waals surface area (Å²) in [6, 6.07) is 19.2. The molecule has 3 atom stereocenters. The lowest BCUT2D eigenvalue weighted by Gasteiger charge is -2.37. The van der Waals surface area contributed by atoms with Crippen molar-refractivity contribution >= 4 is 28.1 Å². The first-order valence-electron chi connectivity index (χ1n) is 13.5. The summed E-state index contributed by atoms with van der Waals surface area (Å²) in [5.41, 5.74) is 2.22. The first-order valence-corrected chi connectivity index (χ1v) is 14.9. The molecule has 0 radical (unpaired) electrons. The van der Waals surface area contributed by atoms with Crippen molar-refractivity contribution in [3.63, 3.8) is 0 Å². The quantitative estimate of drug-likeness (QED) is 0.421. The van der Waals surface area contributed by atoms with E-state index in [-0.39, 0.29) is 49.0 Å². The van der Waals surface area contributed by atoms with E-state index < -0.39 is 22.2 Å². The molecule has 1 amide bonds. The lowest BCUT2D eigenvalue weighted by Crippen LogP contribution is -2.50. The minimum absolute atomic E-state index is 0.0244. The van der Waals surface area contributed by atoms with Crippen LogP contribution in [0.15, 0.2) is 71.6 Å². The van der Waals surface area contributed by atoms with Crippen LogP contribution in [0.2, 0.25) is 0 Å². The summed E-state index contributed by atoms with van der Waals surface area (Å²) in [6.07, 6.45) is 3.30. The molecule has 3 aromatic carbocycles. The summed E-state index contributed by atoms with van der Waals surface area (Å²) < 4.78 is 46.0. The number of sulfonamides is 1. The van der Waals surface area contributed by atoms with Crippen molar-refractivity contribution in [2.75, 3.05) is 33.5 Å². The van der Waals surface area contributed by atoms with Gasteiger partial charge in [0.05, 0.1) is 13.2 Å². The molecule has 0 saturated heterocycles. The van der Waals surface area contributed by atoms with Crippen LogP contribution in [0.25, 0.3) is 12.2 Å². The summed E-state index contributed by atoms with van der Waals surface area (Å²) in [4.78, 5) is 14.9. The van der Waals surface area contributed by atoms with E-state index in [0.717, 1.165) is 11.1 Å². The van der Waals surface area contributed by atoms with Gasteiger partial charge in [-0.1, -0.05) is 55.5 Å². The van der Waals surface area contributed by atoms with Crippen molar-refractivity contribution in [3.05, 3.63) is 83.4 Å². The second kappa shape index (κ2) is 11.9. The molecule has 1 N–H and O–H groups in total. The number of benzene rings is 3. The second-order valence-corrected chi connectivity index (χ2v) is 12.3. The van der Waals surface area contributed by atoms with Crippen LogP contribution in [-0.4, -0.2) is 74.3 Å². The molecule has 0 aromatic heterocycles. The van der Waals surface area contributed by atoms with Gasteiger partial charge in [0.1, 0.15) is 16.7 Å². The van der Waals surface area contributed by atoms with Crippen molar-refractivity contribution in [1.82, 2.24) is 9.21 Å². The van der Waals surface area contributed by atoms with Crippen LogP contribution in [-0.2, 0) is 10.0 Å². The Balaban J connectivity index is 1.46. The van der Waals surface area contributed by atoms with E-state index in [9.17, 15) is 18.3 Å². The average molecular weight is 579 g/mol. The molecule has 2 aliphatic rings. The van der Waals surface area contributed by atoms with E-state index in [2.05, 4.69) is 0 Å². The molecule has 5 rings (SSSR count).